The van der Waals surface area contributed by atoms with Crippen molar-refractivity contribution < 1.29 is 4.79 Å². The molecule has 5 nitrogen and oxygen atoms in total. The SMILES string of the molecule is CCC(C)N(C)C(=O)c1cncc(NC)n1. The molecule has 0 aliphatic rings. The minimum absolute atomic E-state index is 0.0982. The Bertz CT molecular complexity index is 367. The maximum atomic E-state index is 12.0. The van der Waals surface area contributed by atoms with E-state index in [1.54, 1.807) is 25.2 Å². The van der Waals surface area contributed by atoms with Crippen LogP contribution < -0.4 is 5.32 Å². The molecule has 0 aliphatic heterocycles. The molecule has 1 atom stereocenters. The van der Waals surface area contributed by atoms with Gasteiger partial charge in [-0.25, -0.2) is 4.98 Å². The van der Waals surface area contributed by atoms with Crippen molar-refractivity contribution >= 4 is 11.7 Å². The van der Waals surface area contributed by atoms with Crippen molar-refractivity contribution in [3.05, 3.63) is 18.1 Å². The number of hydrogen-bond donors (Lipinski definition) is 1. The van der Waals surface area contributed by atoms with Gasteiger partial charge in [0.05, 0.1) is 12.4 Å². The van der Waals surface area contributed by atoms with Crippen LogP contribution in [0.15, 0.2) is 12.4 Å². The predicted octanol–water partition coefficient (Wildman–Crippen LogP) is 1.39. The molecule has 1 heterocycles. The third kappa shape index (κ3) is 2.68. The maximum Gasteiger partial charge on any atom is 0.274 e. The Kier molecular flexibility index (Phi) is 4.22. The molecule has 1 aromatic rings. The lowest BCUT2D eigenvalue weighted by molar-refractivity contribution is 0.0734. The highest BCUT2D eigenvalue weighted by Crippen LogP contribution is 2.07. The van der Waals surface area contributed by atoms with E-state index in [9.17, 15) is 4.79 Å². The molecule has 0 bridgehead atoms. The third-order valence-electron chi connectivity index (χ3n) is 2.68. The highest BCUT2D eigenvalue weighted by Gasteiger charge is 2.17. The van der Waals surface area contributed by atoms with E-state index in [0.717, 1.165) is 6.42 Å². The molecule has 0 saturated carbocycles. The Morgan fingerprint density at radius 1 is 1.56 bits per heavy atom. The van der Waals surface area contributed by atoms with Crippen molar-refractivity contribution in [2.45, 2.75) is 26.3 Å². The first-order valence-corrected chi connectivity index (χ1v) is 5.37. The molecule has 0 aromatic carbocycles. The summed E-state index contributed by atoms with van der Waals surface area (Å²) in [4.78, 5) is 21.8. The van der Waals surface area contributed by atoms with Gasteiger partial charge in [0, 0.05) is 20.1 Å². The Morgan fingerprint density at radius 3 is 2.81 bits per heavy atom. The number of nitrogens with one attached hydrogen (secondary N) is 1. The zero-order valence-corrected chi connectivity index (χ0v) is 10.2. The van der Waals surface area contributed by atoms with E-state index < -0.39 is 0 Å². The summed E-state index contributed by atoms with van der Waals surface area (Å²) in [6.07, 6.45) is 3.99. The van der Waals surface area contributed by atoms with Crippen LogP contribution in [0.1, 0.15) is 30.8 Å². The van der Waals surface area contributed by atoms with Gasteiger partial charge in [-0.3, -0.25) is 9.78 Å². The fourth-order valence-electron chi connectivity index (χ4n) is 1.24. The zero-order valence-electron chi connectivity index (χ0n) is 10.2. The number of aromatic nitrogens is 2. The summed E-state index contributed by atoms with van der Waals surface area (Å²) >= 11 is 0. The Hall–Kier alpha value is -1.65. The number of amides is 1. The van der Waals surface area contributed by atoms with Crippen molar-refractivity contribution in [1.29, 1.82) is 0 Å². The standard InChI is InChI=1S/C11H18N4O/c1-5-8(2)15(4)11(16)9-6-13-7-10(12-3)14-9/h6-8H,5H2,1-4H3,(H,12,14). The van der Waals surface area contributed by atoms with Crippen LogP contribution in [-0.4, -0.2) is 40.9 Å². The zero-order chi connectivity index (χ0) is 12.1. The molecule has 0 saturated heterocycles. The minimum Gasteiger partial charge on any atom is -0.372 e. The highest BCUT2D eigenvalue weighted by molar-refractivity contribution is 5.92. The lowest BCUT2D eigenvalue weighted by Gasteiger charge is -2.23. The molecule has 88 valence electrons. The van der Waals surface area contributed by atoms with Crippen LogP contribution in [0.5, 0.6) is 0 Å². The van der Waals surface area contributed by atoms with Crippen LogP contribution in [0, 0.1) is 0 Å². The molecule has 5 heteroatoms. The quantitative estimate of drug-likeness (QED) is 0.836. The normalized spacial score (nSPS) is 12.0. The van der Waals surface area contributed by atoms with Gasteiger partial charge in [-0.15, -0.1) is 0 Å². The lowest BCUT2D eigenvalue weighted by atomic mass is 10.2. The molecule has 1 amide bonds. The van der Waals surface area contributed by atoms with E-state index in [2.05, 4.69) is 15.3 Å². The Labute approximate surface area is 95.9 Å². The number of carbonyl (C=O) groups is 1. The van der Waals surface area contributed by atoms with E-state index >= 15 is 0 Å². The topological polar surface area (TPSA) is 58.1 Å². The monoisotopic (exact) mass is 222 g/mol. The van der Waals surface area contributed by atoms with Crippen LogP contribution in [0.3, 0.4) is 0 Å². The summed E-state index contributed by atoms with van der Waals surface area (Å²) in [6.45, 7) is 4.05. The fourth-order valence-corrected chi connectivity index (χ4v) is 1.24. The van der Waals surface area contributed by atoms with Crippen LogP contribution in [-0.2, 0) is 0 Å². The number of rotatable bonds is 4. The number of carbonyl (C=O) groups excluding carboxylic acids is 1. The predicted molar refractivity (Wildman–Crippen MR) is 63.4 cm³/mol. The molecule has 0 radical (unpaired) electrons. The molecule has 0 aliphatic carbocycles. The Balaban J connectivity index is 2.87. The summed E-state index contributed by atoms with van der Waals surface area (Å²) in [6, 6.07) is 0.201. The van der Waals surface area contributed by atoms with Gasteiger partial charge in [-0.1, -0.05) is 6.92 Å². The molecule has 1 N–H and O–H groups in total. The van der Waals surface area contributed by atoms with Gasteiger partial charge in [0.15, 0.2) is 0 Å². The summed E-state index contributed by atoms with van der Waals surface area (Å²) < 4.78 is 0. The van der Waals surface area contributed by atoms with E-state index in [-0.39, 0.29) is 11.9 Å². The van der Waals surface area contributed by atoms with Crippen LogP contribution in [0.25, 0.3) is 0 Å². The van der Waals surface area contributed by atoms with Gasteiger partial charge >= 0.3 is 0 Å². The second-order valence-corrected chi connectivity index (χ2v) is 3.71. The van der Waals surface area contributed by atoms with Crippen LogP contribution in [0.2, 0.25) is 0 Å². The first-order valence-electron chi connectivity index (χ1n) is 5.37. The second-order valence-electron chi connectivity index (χ2n) is 3.71. The molecular formula is C11H18N4O. The van der Waals surface area contributed by atoms with E-state index in [0.29, 0.717) is 11.5 Å². The summed E-state index contributed by atoms with van der Waals surface area (Å²) in [5.74, 6) is 0.502. The van der Waals surface area contributed by atoms with Crippen LogP contribution >= 0.6 is 0 Å². The maximum absolute atomic E-state index is 12.0. The van der Waals surface area contributed by atoms with E-state index in [1.807, 2.05) is 13.8 Å². The van der Waals surface area contributed by atoms with E-state index in [1.165, 1.54) is 6.20 Å². The summed E-state index contributed by atoms with van der Waals surface area (Å²) in [5.41, 5.74) is 0.370. The molecule has 1 unspecified atom stereocenters. The summed E-state index contributed by atoms with van der Waals surface area (Å²) in [5, 5.41) is 2.86. The number of hydrogen-bond acceptors (Lipinski definition) is 4. The minimum atomic E-state index is -0.0982. The molecule has 16 heavy (non-hydrogen) atoms. The largest absolute Gasteiger partial charge is 0.372 e. The smallest absolute Gasteiger partial charge is 0.274 e. The molecule has 0 spiro atoms. The first-order chi connectivity index (χ1) is 7.60. The van der Waals surface area contributed by atoms with Gasteiger partial charge in [0.2, 0.25) is 0 Å². The molecule has 1 aromatic heterocycles. The van der Waals surface area contributed by atoms with Crippen LogP contribution in [0.4, 0.5) is 5.82 Å². The molecule has 0 fully saturated rings. The van der Waals surface area contributed by atoms with Gasteiger partial charge in [-0.05, 0) is 13.3 Å². The highest BCUT2D eigenvalue weighted by atomic mass is 16.2. The van der Waals surface area contributed by atoms with Crippen molar-refractivity contribution in [2.75, 3.05) is 19.4 Å². The van der Waals surface area contributed by atoms with Crippen molar-refractivity contribution in [3.8, 4) is 0 Å². The average molecular weight is 222 g/mol. The first kappa shape index (κ1) is 12.4. The van der Waals surface area contributed by atoms with Gasteiger partial charge in [0.1, 0.15) is 11.5 Å². The van der Waals surface area contributed by atoms with Crippen molar-refractivity contribution in [1.82, 2.24) is 14.9 Å². The second kappa shape index (κ2) is 5.44. The average Bonchev–Trinajstić information content (AvgIpc) is 2.36. The molecular weight excluding hydrogens is 204 g/mol. The van der Waals surface area contributed by atoms with Gasteiger partial charge in [-0.2, -0.15) is 0 Å². The van der Waals surface area contributed by atoms with Crippen molar-refractivity contribution in [2.24, 2.45) is 0 Å². The third-order valence-corrected chi connectivity index (χ3v) is 2.68. The number of anilines is 1. The number of nitrogens with zero attached hydrogens (tertiary/aromatic N) is 3. The fraction of sp³-hybridized carbons (Fsp3) is 0.545. The molecule has 1 rings (SSSR count). The Morgan fingerprint density at radius 2 is 2.25 bits per heavy atom. The van der Waals surface area contributed by atoms with Gasteiger partial charge in [0.25, 0.3) is 5.91 Å². The van der Waals surface area contributed by atoms with E-state index in [4.69, 9.17) is 0 Å². The van der Waals surface area contributed by atoms with Crippen molar-refractivity contribution in [3.63, 3.8) is 0 Å². The lowest BCUT2D eigenvalue weighted by Crippen LogP contribution is -2.35. The van der Waals surface area contributed by atoms with Gasteiger partial charge < -0.3 is 10.2 Å². The summed E-state index contributed by atoms with van der Waals surface area (Å²) in [7, 11) is 3.53.